The molecule has 0 radical (unpaired) electrons. The molecule has 0 spiro atoms. The van der Waals surface area contributed by atoms with Crippen LogP contribution in [0.25, 0.3) is 10.2 Å². The Morgan fingerprint density at radius 2 is 2.28 bits per heavy atom. The summed E-state index contributed by atoms with van der Waals surface area (Å²) < 4.78 is 0. The van der Waals surface area contributed by atoms with E-state index in [-0.39, 0.29) is 4.88 Å². The number of rotatable bonds is 4. The lowest BCUT2D eigenvalue weighted by atomic mass is 10.2. The molecule has 0 saturated heterocycles. The molecular weight excluding hydrogens is 254 g/mol. The molecular formula is C11H13N3O3S. The van der Waals surface area contributed by atoms with E-state index in [0.717, 1.165) is 11.3 Å². The van der Waals surface area contributed by atoms with Crippen LogP contribution in [0.2, 0.25) is 0 Å². The average molecular weight is 267 g/mol. The number of carbonyl (C=O) groups is 1. The lowest BCUT2D eigenvalue weighted by Crippen LogP contribution is -2.16. The highest BCUT2D eigenvalue weighted by Crippen LogP contribution is 2.33. The molecule has 3 N–H and O–H groups in total. The number of fused-ring (bicyclic) bond motifs is 1. The number of anilines is 1. The molecule has 0 aliphatic carbocycles. The fourth-order valence-corrected chi connectivity index (χ4v) is 2.64. The largest absolute Gasteiger partial charge is 0.477 e. The van der Waals surface area contributed by atoms with Crippen LogP contribution in [0.4, 0.5) is 5.82 Å². The molecule has 0 bridgehead atoms. The highest BCUT2D eigenvalue weighted by molar-refractivity contribution is 7.20. The summed E-state index contributed by atoms with van der Waals surface area (Å²) in [7, 11) is 0. The summed E-state index contributed by atoms with van der Waals surface area (Å²) in [6, 6.07) is 0. The van der Waals surface area contributed by atoms with Crippen LogP contribution >= 0.6 is 11.3 Å². The Labute approximate surface area is 107 Å². The third kappa shape index (κ3) is 2.27. The van der Waals surface area contributed by atoms with Crippen molar-refractivity contribution in [3.63, 3.8) is 0 Å². The summed E-state index contributed by atoms with van der Waals surface area (Å²) in [6.45, 7) is 3.75. The number of aliphatic hydroxyl groups excluding tert-OH is 1. The van der Waals surface area contributed by atoms with E-state index in [4.69, 9.17) is 5.11 Å². The number of nitrogens with one attached hydrogen (secondary N) is 1. The number of thiophene rings is 1. The van der Waals surface area contributed by atoms with Crippen molar-refractivity contribution in [1.82, 2.24) is 9.97 Å². The molecule has 7 heteroatoms. The SMILES string of the molecule is Cc1c(C(=O)O)sc2ncnc(NCC(C)O)c12. The molecule has 6 nitrogen and oxygen atoms in total. The van der Waals surface area contributed by atoms with Crippen molar-refractivity contribution in [2.24, 2.45) is 0 Å². The first-order valence-corrected chi connectivity index (χ1v) is 6.21. The number of hydrogen-bond acceptors (Lipinski definition) is 6. The maximum absolute atomic E-state index is 11.1. The number of carboxylic acid groups (broad SMARTS) is 1. The predicted molar refractivity (Wildman–Crippen MR) is 69.3 cm³/mol. The highest BCUT2D eigenvalue weighted by atomic mass is 32.1. The van der Waals surface area contributed by atoms with Gasteiger partial charge in [0.15, 0.2) is 0 Å². The molecule has 1 unspecified atom stereocenters. The van der Waals surface area contributed by atoms with Gasteiger partial charge in [0.25, 0.3) is 0 Å². The van der Waals surface area contributed by atoms with Gasteiger partial charge in [-0.05, 0) is 19.4 Å². The monoisotopic (exact) mass is 267 g/mol. The van der Waals surface area contributed by atoms with E-state index in [1.54, 1.807) is 13.8 Å². The normalized spacial score (nSPS) is 12.6. The van der Waals surface area contributed by atoms with Crippen LogP contribution in [0, 0.1) is 6.92 Å². The fourth-order valence-electron chi connectivity index (χ4n) is 1.65. The molecule has 2 aromatic heterocycles. The van der Waals surface area contributed by atoms with Gasteiger partial charge in [-0.25, -0.2) is 14.8 Å². The van der Waals surface area contributed by atoms with Crippen molar-refractivity contribution in [3.05, 3.63) is 16.8 Å². The minimum Gasteiger partial charge on any atom is -0.477 e. The van der Waals surface area contributed by atoms with Crippen molar-refractivity contribution in [2.45, 2.75) is 20.0 Å². The van der Waals surface area contributed by atoms with Crippen LogP contribution in [-0.4, -0.2) is 38.8 Å². The first-order valence-electron chi connectivity index (χ1n) is 5.40. The van der Waals surface area contributed by atoms with E-state index in [1.165, 1.54) is 6.33 Å². The molecule has 0 amide bonds. The standard InChI is InChI=1S/C11H13N3O3S/c1-5(15)3-12-9-7-6(2)8(11(16)17)18-10(7)14-4-13-9/h4-5,15H,3H2,1-2H3,(H,16,17)(H,12,13,14). The molecule has 0 aliphatic rings. The van der Waals surface area contributed by atoms with Gasteiger partial charge < -0.3 is 15.5 Å². The van der Waals surface area contributed by atoms with E-state index in [9.17, 15) is 9.90 Å². The van der Waals surface area contributed by atoms with Crippen LogP contribution in [0.5, 0.6) is 0 Å². The zero-order valence-electron chi connectivity index (χ0n) is 9.97. The summed E-state index contributed by atoms with van der Waals surface area (Å²) >= 11 is 1.13. The molecule has 0 aliphatic heterocycles. The van der Waals surface area contributed by atoms with Crippen LogP contribution in [0.15, 0.2) is 6.33 Å². The highest BCUT2D eigenvalue weighted by Gasteiger charge is 2.18. The Balaban J connectivity index is 2.51. The van der Waals surface area contributed by atoms with Crippen molar-refractivity contribution in [1.29, 1.82) is 0 Å². The minimum atomic E-state index is -0.961. The summed E-state index contributed by atoms with van der Waals surface area (Å²) in [5.41, 5.74) is 0.649. The average Bonchev–Trinajstić information content (AvgIpc) is 2.65. The predicted octanol–water partition coefficient (Wildman–Crippen LogP) is 1.49. The number of carboxylic acids is 1. The molecule has 0 saturated carbocycles. The van der Waals surface area contributed by atoms with Gasteiger partial charge in [-0.2, -0.15) is 0 Å². The van der Waals surface area contributed by atoms with Crippen LogP contribution in [-0.2, 0) is 0 Å². The number of nitrogens with zero attached hydrogens (tertiary/aromatic N) is 2. The summed E-state index contributed by atoms with van der Waals surface area (Å²) in [5.74, 6) is -0.404. The topological polar surface area (TPSA) is 95.3 Å². The van der Waals surface area contributed by atoms with Gasteiger partial charge in [0, 0.05) is 6.54 Å². The second kappa shape index (κ2) is 4.87. The summed E-state index contributed by atoms with van der Waals surface area (Å²) in [4.78, 5) is 20.1. The number of hydrogen-bond donors (Lipinski definition) is 3. The van der Waals surface area contributed by atoms with E-state index < -0.39 is 12.1 Å². The smallest absolute Gasteiger partial charge is 0.346 e. The molecule has 2 rings (SSSR count). The molecule has 0 fully saturated rings. The van der Waals surface area contributed by atoms with Crippen LogP contribution in [0.3, 0.4) is 0 Å². The van der Waals surface area contributed by atoms with Crippen molar-refractivity contribution < 1.29 is 15.0 Å². The zero-order valence-corrected chi connectivity index (χ0v) is 10.8. The maximum atomic E-state index is 11.1. The van der Waals surface area contributed by atoms with Crippen LogP contribution in [0.1, 0.15) is 22.2 Å². The van der Waals surface area contributed by atoms with E-state index in [2.05, 4.69) is 15.3 Å². The Morgan fingerprint density at radius 1 is 1.56 bits per heavy atom. The quantitative estimate of drug-likeness (QED) is 0.776. The van der Waals surface area contributed by atoms with Gasteiger partial charge in [-0.1, -0.05) is 0 Å². The Kier molecular flexibility index (Phi) is 3.44. The third-order valence-electron chi connectivity index (χ3n) is 2.49. The van der Waals surface area contributed by atoms with Gasteiger partial charge in [0.1, 0.15) is 21.9 Å². The number of aliphatic hydroxyl groups is 1. The second-order valence-corrected chi connectivity index (χ2v) is 4.99. The second-order valence-electron chi connectivity index (χ2n) is 3.99. The summed E-state index contributed by atoms with van der Waals surface area (Å²) in [5, 5.41) is 22.0. The van der Waals surface area contributed by atoms with E-state index in [0.29, 0.717) is 28.1 Å². The Hall–Kier alpha value is -1.73. The number of aromatic nitrogens is 2. The van der Waals surface area contributed by atoms with Crippen molar-refractivity contribution >= 4 is 33.3 Å². The minimum absolute atomic E-state index is 0.269. The van der Waals surface area contributed by atoms with Crippen molar-refractivity contribution in [2.75, 3.05) is 11.9 Å². The van der Waals surface area contributed by atoms with Gasteiger partial charge in [0.2, 0.25) is 0 Å². The first kappa shape index (κ1) is 12.7. The molecule has 1 atom stereocenters. The lowest BCUT2D eigenvalue weighted by Gasteiger charge is -2.08. The fraction of sp³-hybridized carbons (Fsp3) is 0.364. The van der Waals surface area contributed by atoms with Gasteiger partial charge in [-0.15, -0.1) is 11.3 Å². The van der Waals surface area contributed by atoms with Gasteiger partial charge >= 0.3 is 5.97 Å². The van der Waals surface area contributed by atoms with E-state index in [1.807, 2.05) is 0 Å². The lowest BCUT2D eigenvalue weighted by molar-refractivity contribution is 0.0701. The van der Waals surface area contributed by atoms with E-state index >= 15 is 0 Å². The zero-order chi connectivity index (χ0) is 13.3. The first-order chi connectivity index (χ1) is 8.50. The molecule has 18 heavy (non-hydrogen) atoms. The molecule has 2 heterocycles. The molecule has 96 valence electrons. The Bertz CT molecular complexity index is 594. The van der Waals surface area contributed by atoms with Crippen LogP contribution < -0.4 is 5.32 Å². The maximum Gasteiger partial charge on any atom is 0.346 e. The molecule has 0 aromatic carbocycles. The number of aromatic carboxylic acids is 1. The Morgan fingerprint density at radius 3 is 2.89 bits per heavy atom. The van der Waals surface area contributed by atoms with Crippen molar-refractivity contribution in [3.8, 4) is 0 Å². The summed E-state index contributed by atoms with van der Waals surface area (Å²) in [6.07, 6.45) is 0.877. The molecule has 2 aromatic rings. The van der Waals surface area contributed by atoms with Gasteiger partial charge in [0.05, 0.1) is 11.5 Å². The van der Waals surface area contributed by atoms with Gasteiger partial charge in [-0.3, -0.25) is 0 Å². The third-order valence-corrected chi connectivity index (χ3v) is 3.67. The number of aryl methyl sites for hydroxylation is 1.